The van der Waals surface area contributed by atoms with Gasteiger partial charge in [0.1, 0.15) is 5.52 Å². The summed E-state index contributed by atoms with van der Waals surface area (Å²) in [4.78, 5) is 4.40. The molecule has 0 radical (unpaired) electrons. The summed E-state index contributed by atoms with van der Waals surface area (Å²) < 4.78 is 5.60. The van der Waals surface area contributed by atoms with Crippen molar-refractivity contribution in [2.45, 2.75) is 19.4 Å². The summed E-state index contributed by atoms with van der Waals surface area (Å²) >= 11 is 0. The molecule has 0 amide bonds. The zero-order valence-electron chi connectivity index (χ0n) is 8.57. The van der Waals surface area contributed by atoms with Crippen LogP contribution in [0.1, 0.15) is 18.7 Å². The topological polar surface area (TPSA) is 38.1 Å². The SMILES string of the molecule is c1ccc2oc(CNCC3CC3)nc2c1. The summed E-state index contributed by atoms with van der Waals surface area (Å²) in [6, 6.07) is 7.87. The van der Waals surface area contributed by atoms with Gasteiger partial charge in [0, 0.05) is 0 Å². The lowest BCUT2D eigenvalue weighted by atomic mass is 10.3. The Morgan fingerprint density at radius 1 is 1.33 bits per heavy atom. The molecule has 3 nitrogen and oxygen atoms in total. The highest BCUT2D eigenvalue weighted by atomic mass is 16.3. The number of fused-ring (bicyclic) bond motifs is 1. The second-order valence-corrected chi connectivity index (χ2v) is 4.15. The van der Waals surface area contributed by atoms with Gasteiger partial charge in [0.25, 0.3) is 0 Å². The van der Waals surface area contributed by atoms with Gasteiger partial charge >= 0.3 is 0 Å². The van der Waals surface area contributed by atoms with Crippen molar-refractivity contribution in [1.29, 1.82) is 0 Å². The quantitative estimate of drug-likeness (QED) is 0.826. The van der Waals surface area contributed by atoms with Gasteiger partial charge in [-0.15, -0.1) is 0 Å². The molecular weight excluding hydrogens is 188 g/mol. The van der Waals surface area contributed by atoms with E-state index in [1.807, 2.05) is 24.3 Å². The summed E-state index contributed by atoms with van der Waals surface area (Å²) in [6.45, 7) is 1.84. The molecule has 0 atom stereocenters. The van der Waals surface area contributed by atoms with Crippen LogP contribution in [0.15, 0.2) is 28.7 Å². The molecule has 1 N–H and O–H groups in total. The van der Waals surface area contributed by atoms with Crippen LogP contribution in [0.2, 0.25) is 0 Å². The third kappa shape index (κ3) is 2.02. The Bertz CT molecular complexity index is 426. The minimum absolute atomic E-state index is 0.741. The molecule has 0 spiro atoms. The number of aromatic nitrogens is 1. The molecule has 3 rings (SSSR count). The van der Waals surface area contributed by atoms with Crippen molar-refractivity contribution in [3.8, 4) is 0 Å². The van der Waals surface area contributed by atoms with Crippen molar-refractivity contribution in [2.75, 3.05) is 6.54 Å². The lowest BCUT2D eigenvalue weighted by molar-refractivity contribution is 0.490. The summed E-state index contributed by atoms with van der Waals surface area (Å²) in [7, 11) is 0. The van der Waals surface area contributed by atoms with Crippen LogP contribution >= 0.6 is 0 Å². The lowest BCUT2D eigenvalue weighted by Crippen LogP contribution is -2.16. The van der Waals surface area contributed by atoms with Crippen molar-refractivity contribution in [3.05, 3.63) is 30.2 Å². The maximum atomic E-state index is 5.60. The third-order valence-corrected chi connectivity index (χ3v) is 2.74. The van der Waals surface area contributed by atoms with Crippen molar-refractivity contribution in [2.24, 2.45) is 5.92 Å². The zero-order valence-corrected chi connectivity index (χ0v) is 8.57. The van der Waals surface area contributed by atoms with E-state index < -0.39 is 0 Å². The van der Waals surface area contributed by atoms with Crippen LogP contribution in [-0.4, -0.2) is 11.5 Å². The number of nitrogens with zero attached hydrogens (tertiary/aromatic N) is 1. The van der Waals surface area contributed by atoms with Crippen LogP contribution in [0.25, 0.3) is 11.1 Å². The number of rotatable bonds is 4. The smallest absolute Gasteiger partial charge is 0.209 e. The molecule has 1 saturated carbocycles. The Balaban J connectivity index is 1.68. The van der Waals surface area contributed by atoms with E-state index in [0.29, 0.717) is 0 Å². The number of hydrogen-bond acceptors (Lipinski definition) is 3. The molecule has 3 heteroatoms. The highest BCUT2D eigenvalue weighted by Crippen LogP contribution is 2.27. The number of para-hydroxylation sites is 2. The lowest BCUT2D eigenvalue weighted by Gasteiger charge is -1.97. The van der Waals surface area contributed by atoms with Crippen LogP contribution in [0.4, 0.5) is 0 Å². The van der Waals surface area contributed by atoms with Gasteiger partial charge in [0.15, 0.2) is 5.58 Å². The second-order valence-electron chi connectivity index (χ2n) is 4.15. The molecule has 1 aromatic carbocycles. The summed E-state index contributed by atoms with van der Waals surface area (Å²) in [5.41, 5.74) is 1.82. The van der Waals surface area contributed by atoms with Gasteiger partial charge in [0.05, 0.1) is 6.54 Å². The summed E-state index contributed by atoms with van der Waals surface area (Å²) in [5, 5.41) is 3.37. The molecule has 0 saturated heterocycles. The van der Waals surface area contributed by atoms with Gasteiger partial charge in [-0.25, -0.2) is 4.98 Å². The third-order valence-electron chi connectivity index (χ3n) is 2.74. The van der Waals surface area contributed by atoms with Crippen molar-refractivity contribution in [3.63, 3.8) is 0 Å². The van der Waals surface area contributed by atoms with Gasteiger partial charge in [0.2, 0.25) is 5.89 Å². The number of hydrogen-bond donors (Lipinski definition) is 1. The fourth-order valence-electron chi connectivity index (χ4n) is 1.70. The van der Waals surface area contributed by atoms with E-state index in [1.165, 1.54) is 12.8 Å². The first-order valence-electron chi connectivity index (χ1n) is 5.47. The summed E-state index contributed by atoms with van der Waals surface area (Å²) in [5.74, 6) is 1.69. The van der Waals surface area contributed by atoms with E-state index in [0.717, 1.165) is 36.0 Å². The molecule has 78 valence electrons. The van der Waals surface area contributed by atoms with E-state index in [2.05, 4.69) is 10.3 Å². The second kappa shape index (κ2) is 3.66. The minimum Gasteiger partial charge on any atom is -0.439 e. The number of nitrogens with one attached hydrogen (secondary N) is 1. The normalized spacial score (nSPS) is 16.0. The fraction of sp³-hybridized carbons (Fsp3) is 0.417. The molecule has 0 aliphatic heterocycles. The van der Waals surface area contributed by atoms with Gasteiger partial charge in [-0.05, 0) is 37.4 Å². The Kier molecular flexibility index (Phi) is 2.18. The monoisotopic (exact) mass is 202 g/mol. The van der Waals surface area contributed by atoms with Crippen LogP contribution < -0.4 is 5.32 Å². The molecule has 1 heterocycles. The number of benzene rings is 1. The highest BCUT2D eigenvalue weighted by Gasteiger charge is 2.20. The molecule has 1 aliphatic rings. The Morgan fingerprint density at radius 2 is 2.20 bits per heavy atom. The molecule has 2 aromatic rings. The minimum atomic E-state index is 0.741. The van der Waals surface area contributed by atoms with Gasteiger partial charge in [-0.2, -0.15) is 0 Å². The number of oxazole rings is 1. The summed E-state index contributed by atoms with van der Waals surface area (Å²) in [6.07, 6.45) is 2.75. The Labute approximate surface area is 88.5 Å². The van der Waals surface area contributed by atoms with Crippen LogP contribution in [0, 0.1) is 5.92 Å². The zero-order chi connectivity index (χ0) is 10.1. The molecule has 0 bridgehead atoms. The predicted octanol–water partition coefficient (Wildman–Crippen LogP) is 2.33. The Morgan fingerprint density at radius 3 is 3.00 bits per heavy atom. The highest BCUT2D eigenvalue weighted by molar-refractivity contribution is 5.72. The van der Waals surface area contributed by atoms with Crippen LogP contribution in [0.5, 0.6) is 0 Å². The average Bonchev–Trinajstić information content (AvgIpc) is 2.97. The molecule has 0 unspecified atom stereocenters. The van der Waals surface area contributed by atoms with Crippen LogP contribution in [0.3, 0.4) is 0 Å². The molecule has 1 aromatic heterocycles. The van der Waals surface area contributed by atoms with Crippen molar-refractivity contribution >= 4 is 11.1 Å². The predicted molar refractivity (Wildman–Crippen MR) is 58.4 cm³/mol. The Hall–Kier alpha value is -1.35. The molecular formula is C12H14N2O. The molecule has 1 aliphatic carbocycles. The standard InChI is InChI=1S/C12H14N2O/c1-2-4-11-10(3-1)14-12(15-11)8-13-7-9-5-6-9/h1-4,9,13H,5-8H2. The van der Waals surface area contributed by atoms with Gasteiger partial charge in [-0.1, -0.05) is 12.1 Å². The first-order chi connectivity index (χ1) is 7.42. The fourth-order valence-corrected chi connectivity index (χ4v) is 1.70. The average molecular weight is 202 g/mol. The first-order valence-corrected chi connectivity index (χ1v) is 5.47. The maximum absolute atomic E-state index is 5.60. The van der Waals surface area contributed by atoms with Crippen LogP contribution in [-0.2, 0) is 6.54 Å². The van der Waals surface area contributed by atoms with Crippen molar-refractivity contribution in [1.82, 2.24) is 10.3 Å². The largest absolute Gasteiger partial charge is 0.439 e. The molecule has 1 fully saturated rings. The first kappa shape index (κ1) is 8.92. The van der Waals surface area contributed by atoms with Crippen molar-refractivity contribution < 1.29 is 4.42 Å². The van der Waals surface area contributed by atoms with Gasteiger partial charge < -0.3 is 9.73 Å². The van der Waals surface area contributed by atoms with E-state index in [1.54, 1.807) is 0 Å². The van der Waals surface area contributed by atoms with E-state index in [9.17, 15) is 0 Å². The van der Waals surface area contributed by atoms with E-state index in [4.69, 9.17) is 4.42 Å². The van der Waals surface area contributed by atoms with Gasteiger partial charge in [-0.3, -0.25) is 0 Å². The van der Waals surface area contributed by atoms with E-state index in [-0.39, 0.29) is 0 Å². The maximum Gasteiger partial charge on any atom is 0.209 e. The van der Waals surface area contributed by atoms with E-state index >= 15 is 0 Å². The molecule has 15 heavy (non-hydrogen) atoms.